The summed E-state index contributed by atoms with van der Waals surface area (Å²) in [5.74, 6) is -1.12. The predicted molar refractivity (Wildman–Crippen MR) is 92.1 cm³/mol. The van der Waals surface area contributed by atoms with E-state index < -0.39 is 27.0 Å². The van der Waals surface area contributed by atoms with Gasteiger partial charge in [-0.15, -0.1) is 0 Å². The fraction of sp³-hybridized carbons (Fsp3) is 0.533. The van der Waals surface area contributed by atoms with Gasteiger partial charge in [0, 0.05) is 11.0 Å². The van der Waals surface area contributed by atoms with E-state index in [1.165, 1.54) is 0 Å². The van der Waals surface area contributed by atoms with Crippen LogP contribution in [0.4, 0.5) is 0 Å². The summed E-state index contributed by atoms with van der Waals surface area (Å²) in [5.41, 5.74) is 5.73. The van der Waals surface area contributed by atoms with Crippen LogP contribution in [0.15, 0.2) is 28.7 Å². The van der Waals surface area contributed by atoms with Crippen molar-refractivity contribution in [3.05, 3.63) is 34.3 Å². The van der Waals surface area contributed by atoms with Crippen LogP contribution in [0.3, 0.4) is 0 Å². The Morgan fingerprint density at radius 2 is 2.05 bits per heavy atom. The maximum Gasteiger partial charge on any atom is 0.235 e. The number of amides is 1. The van der Waals surface area contributed by atoms with Crippen LogP contribution in [0, 0.1) is 5.92 Å². The minimum absolute atomic E-state index is 0.106. The quantitative estimate of drug-likeness (QED) is 0.743. The van der Waals surface area contributed by atoms with Gasteiger partial charge in [0.1, 0.15) is 5.75 Å². The molecule has 0 aliphatic rings. The number of halogens is 1. The van der Waals surface area contributed by atoms with Gasteiger partial charge in [-0.05, 0) is 30.5 Å². The van der Waals surface area contributed by atoms with Crippen LogP contribution >= 0.6 is 15.9 Å². The maximum absolute atomic E-state index is 12.2. The van der Waals surface area contributed by atoms with Crippen molar-refractivity contribution in [2.75, 3.05) is 12.3 Å². The lowest BCUT2D eigenvalue weighted by Gasteiger charge is -2.33. The zero-order valence-corrected chi connectivity index (χ0v) is 15.5. The van der Waals surface area contributed by atoms with Crippen molar-refractivity contribution in [3.8, 4) is 0 Å². The van der Waals surface area contributed by atoms with E-state index in [2.05, 4.69) is 21.2 Å². The molecule has 5 nitrogen and oxygen atoms in total. The molecule has 0 fully saturated rings. The molecule has 0 spiro atoms. The van der Waals surface area contributed by atoms with Crippen LogP contribution in [-0.2, 0) is 20.4 Å². The zero-order valence-electron chi connectivity index (χ0n) is 13.1. The second-order valence-corrected chi connectivity index (χ2v) is 8.97. The van der Waals surface area contributed by atoms with Crippen LogP contribution in [0.5, 0.6) is 0 Å². The fourth-order valence-electron chi connectivity index (χ4n) is 1.92. The molecule has 0 radical (unpaired) electrons. The number of sulfone groups is 1. The number of hydrogen-bond acceptors (Lipinski definition) is 4. The first-order chi connectivity index (χ1) is 10.1. The first-order valence-corrected chi connectivity index (χ1v) is 9.65. The lowest BCUT2D eigenvalue weighted by molar-refractivity contribution is -0.120. The summed E-state index contributed by atoms with van der Waals surface area (Å²) in [6.07, 6.45) is 0. The summed E-state index contributed by atoms with van der Waals surface area (Å²) in [7, 11) is -3.53. The Labute approximate surface area is 140 Å². The maximum atomic E-state index is 12.2. The van der Waals surface area contributed by atoms with Crippen LogP contribution in [-0.4, -0.2) is 32.2 Å². The third-order valence-electron chi connectivity index (χ3n) is 3.75. The Morgan fingerprint density at radius 3 is 2.55 bits per heavy atom. The molecule has 1 aromatic carbocycles. The molecule has 0 aliphatic carbocycles. The number of benzene rings is 1. The van der Waals surface area contributed by atoms with Crippen molar-refractivity contribution < 1.29 is 13.2 Å². The molecule has 0 bridgehead atoms. The van der Waals surface area contributed by atoms with Crippen molar-refractivity contribution in [1.82, 2.24) is 5.32 Å². The second-order valence-electron chi connectivity index (χ2n) is 5.99. The van der Waals surface area contributed by atoms with Gasteiger partial charge < -0.3 is 11.1 Å². The van der Waals surface area contributed by atoms with Crippen molar-refractivity contribution in [2.24, 2.45) is 11.7 Å². The normalized spacial score (nSPS) is 14.6. The first kappa shape index (κ1) is 19.1. The number of carbonyl (C=O) groups is 1. The molecular formula is C15H23BrN2O3S. The van der Waals surface area contributed by atoms with E-state index in [1.54, 1.807) is 18.2 Å². The molecule has 1 rings (SSSR count). The van der Waals surface area contributed by atoms with E-state index in [4.69, 9.17) is 5.73 Å². The van der Waals surface area contributed by atoms with Gasteiger partial charge in [-0.3, -0.25) is 4.79 Å². The standard InChI is InChI=1S/C15H23BrN2O3S/c1-11(2)15(3,10-17)18-14(19)9-22(20,21)8-12-5-4-6-13(16)7-12/h4-7,11H,8-10,17H2,1-3H3,(H,18,19). The molecule has 0 saturated carbocycles. The molecule has 1 atom stereocenters. The van der Waals surface area contributed by atoms with Crippen LogP contribution in [0.1, 0.15) is 26.3 Å². The molecule has 124 valence electrons. The molecule has 0 aromatic heterocycles. The summed E-state index contributed by atoms with van der Waals surface area (Å²) in [6.45, 7) is 5.94. The Hall–Kier alpha value is -0.920. The van der Waals surface area contributed by atoms with Crippen molar-refractivity contribution >= 4 is 31.7 Å². The molecule has 1 aromatic rings. The average Bonchev–Trinajstić information content (AvgIpc) is 2.36. The zero-order chi connectivity index (χ0) is 17.0. The molecule has 22 heavy (non-hydrogen) atoms. The summed E-state index contributed by atoms with van der Waals surface area (Å²) in [4.78, 5) is 12.0. The van der Waals surface area contributed by atoms with E-state index in [9.17, 15) is 13.2 Å². The Morgan fingerprint density at radius 1 is 1.41 bits per heavy atom. The van der Waals surface area contributed by atoms with Gasteiger partial charge in [0.2, 0.25) is 5.91 Å². The number of nitrogens with two attached hydrogens (primary N) is 1. The summed E-state index contributed by atoms with van der Waals surface area (Å²) in [6, 6.07) is 7.03. The van der Waals surface area contributed by atoms with E-state index >= 15 is 0 Å². The summed E-state index contributed by atoms with van der Waals surface area (Å²) in [5, 5.41) is 2.74. The molecule has 0 saturated heterocycles. The van der Waals surface area contributed by atoms with E-state index in [-0.39, 0.29) is 18.2 Å². The predicted octanol–water partition coefficient (Wildman–Crippen LogP) is 1.85. The number of nitrogens with one attached hydrogen (secondary N) is 1. The highest BCUT2D eigenvalue weighted by Crippen LogP contribution is 2.16. The van der Waals surface area contributed by atoms with Crippen LogP contribution in [0.2, 0.25) is 0 Å². The lowest BCUT2D eigenvalue weighted by Crippen LogP contribution is -2.56. The number of rotatable bonds is 7. The average molecular weight is 391 g/mol. The monoisotopic (exact) mass is 390 g/mol. The van der Waals surface area contributed by atoms with Crippen molar-refractivity contribution in [3.63, 3.8) is 0 Å². The van der Waals surface area contributed by atoms with Gasteiger partial charge in [-0.25, -0.2) is 8.42 Å². The molecule has 7 heteroatoms. The number of carbonyl (C=O) groups excluding carboxylic acids is 1. The first-order valence-electron chi connectivity index (χ1n) is 7.04. The smallest absolute Gasteiger partial charge is 0.235 e. The molecule has 0 heterocycles. The van der Waals surface area contributed by atoms with Crippen LogP contribution < -0.4 is 11.1 Å². The molecule has 0 aliphatic heterocycles. The van der Waals surface area contributed by atoms with Gasteiger partial charge in [0.25, 0.3) is 0 Å². The molecule has 1 unspecified atom stereocenters. The topological polar surface area (TPSA) is 89.3 Å². The van der Waals surface area contributed by atoms with Crippen LogP contribution in [0.25, 0.3) is 0 Å². The summed E-state index contributed by atoms with van der Waals surface area (Å²) >= 11 is 3.30. The highest BCUT2D eigenvalue weighted by atomic mass is 79.9. The fourth-order valence-corrected chi connectivity index (χ4v) is 3.62. The Balaban J connectivity index is 2.74. The van der Waals surface area contributed by atoms with Gasteiger partial charge in [0.05, 0.1) is 11.3 Å². The molecule has 1 amide bonds. The van der Waals surface area contributed by atoms with Gasteiger partial charge in [0.15, 0.2) is 9.84 Å². The lowest BCUT2D eigenvalue weighted by atomic mass is 9.88. The Kier molecular flexibility index (Phi) is 6.58. The third kappa shape index (κ3) is 5.70. The minimum atomic E-state index is -3.53. The largest absolute Gasteiger partial charge is 0.349 e. The Bertz CT molecular complexity index is 631. The van der Waals surface area contributed by atoms with E-state index in [0.29, 0.717) is 5.56 Å². The molecule has 3 N–H and O–H groups in total. The van der Waals surface area contributed by atoms with Crippen molar-refractivity contribution in [2.45, 2.75) is 32.1 Å². The highest BCUT2D eigenvalue weighted by molar-refractivity contribution is 9.10. The second kappa shape index (κ2) is 7.57. The number of hydrogen-bond donors (Lipinski definition) is 2. The van der Waals surface area contributed by atoms with Gasteiger partial charge >= 0.3 is 0 Å². The third-order valence-corrected chi connectivity index (χ3v) is 5.72. The summed E-state index contributed by atoms with van der Waals surface area (Å²) < 4.78 is 25.1. The SMILES string of the molecule is CC(C)C(C)(CN)NC(=O)CS(=O)(=O)Cc1cccc(Br)c1. The van der Waals surface area contributed by atoms with Gasteiger partial charge in [-0.1, -0.05) is 41.9 Å². The van der Waals surface area contributed by atoms with E-state index in [1.807, 2.05) is 26.8 Å². The van der Waals surface area contributed by atoms with Crippen molar-refractivity contribution in [1.29, 1.82) is 0 Å². The minimum Gasteiger partial charge on any atom is -0.349 e. The van der Waals surface area contributed by atoms with Gasteiger partial charge in [-0.2, -0.15) is 0 Å². The molecular weight excluding hydrogens is 368 g/mol. The highest BCUT2D eigenvalue weighted by Gasteiger charge is 2.30. The van der Waals surface area contributed by atoms with E-state index in [0.717, 1.165) is 4.47 Å².